The maximum absolute atomic E-state index is 11.7. The number of nitrogens with one attached hydrogen (secondary N) is 1. The highest BCUT2D eigenvalue weighted by molar-refractivity contribution is 9.10. The van der Waals surface area contributed by atoms with Crippen molar-refractivity contribution in [2.75, 3.05) is 18.5 Å². The largest absolute Gasteiger partial charge is 0.522 e. The van der Waals surface area contributed by atoms with E-state index in [9.17, 15) is 13.2 Å². The molecule has 0 unspecified atom stereocenters. The molecule has 0 saturated heterocycles. The number of hydrogen-bond acceptors (Lipinski definition) is 2. The smallest absolute Gasteiger partial charge is 0.380 e. The standard InChI is InChI=1S/C9H7BrCl2F3NO/c10-5-3-6(11)8(7(12)4-5)16-1-2-17-9(13,14)15/h3-4,16H,1-2H2. The Labute approximate surface area is 114 Å². The summed E-state index contributed by atoms with van der Waals surface area (Å²) in [5.74, 6) is 0. The number of ether oxygens (including phenoxy) is 1. The maximum atomic E-state index is 11.7. The van der Waals surface area contributed by atoms with Gasteiger partial charge < -0.3 is 5.32 Å². The summed E-state index contributed by atoms with van der Waals surface area (Å²) in [7, 11) is 0. The topological polar surface area (TPSA) is 21.3 Å². The van der Waals surface area contributed by atoms with E-state index in [4.69, 9.17) is 23.2 Å². The van der Waals surface area contributed by atoms with Gasteiger partial charge in [-0.3, -0.25) is 4.74 Å². The zero-order chi connectivity index (χ0) is 13.1. The first-order chi connectivity index (χ1) is 7.79. The number of rotatable bonds is 4. The lowest BCUT2D eigenvalue weighted by molar-refractivity contribution is -0.322. The Balaban J connectivity index is 2.53. The summed E-state index contributed by atoms with van der Waals surface area (Å²) in [5, 5.41) is 3.30. The van der Waals surface area contributed by atoms with Crippen LogP contribution in [-0.2, 0) is 4.74 Å². The quantitative estimate of drug-likeness (QED) is 0.793. The van der Waals surface area contributed by atoms with Crippen molar-refractivity contribution in [3.05, 3.63) is 26.7 Å². The summed E-state index contributed by atoms with van der Waals surface area (Å²) < 4.78 is 39.3. The molecule has 0 aliphatic carbocycles. The predicted molar refractivity (Wildman–Crippen MR) is 64.7 cm³/mol. The highest BCUT2D eigenvalue weighted by atomic mass is 79.9. The second-order valence-corrected chi connectivity index (χ2v) is 4.70. The highest BCUT2D eigenvalue weighted by Gasteiger charge is 2.28. The van der Waals surface area contributed by atoms with Crippen molar-refractivity contribution in [3.63, 3.8) is 0 Å². The Morgan fingerprint density at radius 3 is 2.24 bits per heavy atom. The van der Waals surface area contributed by atoms with E-state index in [1.165, 1.54) is 0 Å². The SMILES string of the molecule is FC(F)(F)OCCNc1c(Cl)cc(Br)cc1Cl. The van der Waals surface area contributed by atoms with Gasteiger partial charge in [-0.25, -0.2) is 0 Å². The average molecular weight is 353 g/mol. The summed E-state index contributed by atoms with van der Waals surface area (Å²) in [4.78, 5) is 0. The fourth-order valence-corrected chi connectivity index (χ4v) is 2.40. The number of alkyl halides is 3. The molecule has 0 heterocycles. The van der Waals surface area contributed by atoms with E-state index in [-0.39, 0.29) is 6.54 Å². The van der Waals surface area contributed by atoms with Crippen LogP contribution in [0.15, 0.2) is 16.6 Å². The molecule has 0 fully saturated rings. The third-order valence-electron chi connectivity index (χ3n) is 1.68. The van der Waals surface area contributed by atoms with Crippen LogP contribution in [-0.4, -0.2) is 19.5 Å². The number of halogens is 6. The third kappa shape index (κ3) is 5.33. The molecule has 0 saturated carbocycles. The monoisotopic (exact) mass is 351 g/mol. The first-order valence-electron chi connectivity index (χ1n) is 4.38. The first kappa shape index (κ1) is 14.9. The molecular formula is C9H7BrCl2F3NO. The minimum atomic E-state index is -4.63. The van der Waals surface area contributed by atoms with Gasteiger partial charge in [0.25, 0.3) is 0 Å². The van der Waals surface area contributed by atoms with Crippen LogP contribution in [0.5, 0.6) is 0 Å². The van der Waals surface area contributed by atoms with Crippen molar-refractivity contribution < 1.29 is 17.9 Å². The van der Waals surface area contributed by atoms with Gasteiger partial charge in [-0.15, -0.1) is 13.2 Å². The molecule has 0 aliphatic heterocycles. The molecule has 0 bridgehead atoms. The Bertz CT molecular complexity index is 377. The molecular weight excluding hydrogens is 346 g/mol. The molecule has 0 spiro atoms. The molecule has 1 aromatic rings. The fraction of sp³-hybridized carbons (Fsp3) is 0.333. The molecule has 0 aromatic heterocycles. The lowest BCUT2D eigenvalue weighted by Crippen LogP contribution is -2.19. The van der Waals surface area contributed by atoms with Crippen LogP contribution >= 0.6 is 39.1 Å². The molecule has 1 aromatic carbocycles. The van der Waals surface area contributed by atoms with Crippen LogP contribution in [0.4, 0.5) is 18.9 Å². The lowest BCUT2D eigenvalue weighted by atomic mass is 10.3. The van der Waals surface area contributed by atoms with E-state index in [1.54, 1.807) is 12.1 Å². The summed E-state index contributed by atoms with van der Waals surface area (Å²) in [6, 6.07) is 3.17. The van der Waals surface area contributed by atoms with Crippen molar-refractivity contribution in [1.82, 2.24) is 0 Å². The Morgan fingerprint density at radius 1 is 1.24 bits per heavy atom. The second kappa shape index (κ2) is 6.13. The van der Waals surface area contributed by atoms with Gasteiger partial charge in [0.2, 0.25) is 0 Å². The third-order valence-corrected chi connectivity index (χ3v) is 2.73. The van der Waals surface area contributed by atoms with Gasteiger partial charge in [0.05, 0.1) is 22.3 Å². The second-order valence-electron chi connectivity index (χ2n) is 2.97. The molecule has 0 radical (unpaired) electrons. The van der Waals surface area contributed by atoms with E-state index < -0.39 is 13.0 Å². The molecule has 8 heteroatoms. The Kier molecular flexibility index (Phi) is 5.37. The Hall–Kier alpha value is -0.170. The van der Waals surface area contributed by atoms with Crippen LogP contribution in [0.25, 0.3) is 0 Å². The van der Waals surface area contributed by atoms with E-state index in [0.29, 0.717) is 20.2 Å². The summed E-state index contributed by atoms with van der Waals surface area (Å²) in [6.07, 6.45) is -4.63. The van der Waals surface area contributed by atoms with Crippen molar-refractivity contribution in [2.24, 2.45) is 0 Å². The summed E-state index contributed by atoms with van der Waals surface area (Å²) in [6.45, 7) is -0.577. The van der Waals surface area contributed by atoms with Crippen molar-refractivity contribution in [1.29, 1.82) is 0 Å². The van der Waals surface area contributed by atoms with Crippen LogP contribution in [0.2, 0.25) is 10.0 Å². The molecule has 0 atom stereocenters. The number of anilines is 1. The molecule has 0 amide bonds. The van der Waals surface area contributed by atoms with E-state index in [2.05, 4.69) is 26.0 Å². The highest BCUT2D eigenvalue weighted by Crippen LogP contribution is 2.33. The van der Waals surface area contributed by atoms with Gasteiger partial charge >= 0.3 is 6.36 Å². The zero-order valence-electron chi connectivity index (χ0n) is 8.24. The van der Waals surface area contributed by atoms with Crippen molar-refractivity contribution in [2.45, 2.75) is 6.36 Å². The molecule has 2 nitrogen and oxygen atoms in total. The van der Waals surface area contributed by atoms with Crippen LogP contribution in [0.1, 0.15) is 0 Å². The normalized spacial score (nSPS) is 11.6. The first-order valence-corrected chi connectivity index (χ1v) is 5.93. The van der Waals surface area contributed by atoms with Gasteiger partial charge in [0, 0.05) is 11.0 Å². The molecule has 17 heavy (non-hydrogen) atoms. The van der Waals surface area contributed by atoms with Gasteiger partial charge in [-0.2, -0.15) is 0 Å². The van der Waals surface area contributed by atoms with Crippen LogP contribution < -0.4 is 5.32 Å². The molecule has 0 aliphatic rings. The van der Waals surface area contributed by atoms with Crippen LogP contribution in [0, 0.1) is 0 Å². The fourth-order valence-electron chi connectivity index (χ4n) is 1.05. The predicted octanol–water partition coefficient (Wildman–Crippen LogP) is 4.70. The van der Waals surface area contributed by atoms with E-state index >= 15 is 0 Å². The minimum Gasteiger partial charge on any atom is -0.380 e. The molecule has 96 valence electrons. The van der Waals surface area contributed by atoms with Gasteiger partial charge in [-0.05, 0) is 12.1 Å². The Morgan fingerprint density at radius 2 is 1.76 bits per heavy atom. The number of benzene rings is 1. The molecule has 1 rings (SSSR count). The summed E-state index contributed by atoms with van der Waals surface area (Å²) in [5.41, 5.74) is 0.377. The maximum Gasteiger partial charge on any atom is 0.522 e. The van der Waals surface area contributed by atoms with E-state index in [1.807, 2.05) is 0 Å². The summed E-state index contributed by atoms with van der Waals surface area (Å²) >= 11 is 14.9. The zero-order valence-corrected chi connectivity index (χ0v) is 11.3. The van der Waals surface area contributed by atoms with Gasteiger partial charge in [-0.1, -0.05) is 39.1 Å². The van der Waals surface area contributed by atoms with Crippen molar-refractivity contribution in [3.8, 4) is 0 Å². The van der Waals surface area contributed by atoms with Gasteiger partial charge in [0.1, 0.15) is 0 Å². The van der Waals surface area contributed by atoms with Gasteiger partial charge in [0.15, 0.2) is 0 Å². The molecule has 1 N–H and O–H groups in total. The van der Waals surface area contributed by atoms with E-state index in [0.717, 1.165) is 0 Å². The minimum absolute atomic E-state index is 0.0550. The lowest BCUT2D eigenvalue weighted by Gasteiger charge is -2.12. The van der Waals surface area contributed by atoms with Crippen LogP contribution in [0.3, 0.4) is 0 Å². The average Bonchev–Trinajstić information content (AvgIpc) is 2.13. The number of hydrogen-bond donors (Lipinski definition) is 1. The van der Waals surface area contributed by atoms with Crippen molar-refractivity contribution >= 4 is 44.8 Å².